The first kappa shape index (κ1) is 15.8. The molecule has 0 aliphatic heterocycles. The van der Waals surface area contributed by atoms with Crippen LogP contribution in [-0.4, -0.2) is 18.2 Å². The van der Waals surface area contributed by atoms with Crippen LogP contribution < -0.4 is 4.74 Å². The number of thiophene rings is 1. The first-order chi connectivity index (χ1) is 11.2. The van der Waals surface area contributed by atoms with Gasteiger partial charge in [0.15, 0.2) is 5.76 Å². The van der Waals surface area contributed by atoms with Gasteiger partial charge in [0.1, 0.15) is 18.1 Å². The summed E-state index contributed by atoms with van der Waals surface area (Å²) in [7, 11) is 1.54. The predicted molar refractivity (Wildman–Crippen MR) is 89.6 cm³/mol. The molecule has 2 heterocycles. The van der Waals surface area contributed by atoms with Crippen molar-refractivity contribution < 1.29 is 18.8 Å². The zero-order chi connectivity index (χ0) is 16.2. The van der Waals surface area contributed by atoms with E-state index in [4.69, 9.17) is 14.0 Å². The molecule has 118 valence electrons. The molecule has 0 fully saturated rings. The minimum atomic E-state index is -0.462. The lowest BCUT2D eigenvalue weighted by Gasteiger charge is -2.06. The number of hydrogen-bond acceptors (Lipinski definition) is 6. The van der Waals surface area contributed by atoms with Crippen LogP contribution in [-0.2, 0) is 11.3 Å². The molecule has 0 aliphatic carbocycles. The van der Waals surface area contributed by atoms with E-state index < -0.39 is 5.97 Å². The second-order valence-electron chi connectivity index (χ2n) is 4.58. The highest BCUT2D eigenvalue weighted by Crippen LogP contribution is 2.26. The lowest BCUT2D eigenvalue weighted by Crippen LogP contribution is -2.06. The Hall–Kier alpha value is -2.12. The standard InChI is InChI=1S/C16H12BrNO4S/c1-20-11-4-5-13(17)12(8-11)16(19)21-9-10-7-14(22-18-10)15-3-2-6-23-15/h2-8H,9H2,1H3. The second kappa shape index (κ2) is 6.97. The highest BCUT2D eigenvalue weighted by atomic mass is 79.9. The Balaban J connectivity index is 1.67. The van der Waals surface area contributed by atoms with E-state index in [0.717, 1.165) is 4.88 Å². The van der Waals surface area contributed by atoms with Gasteiger partial charge in [-0.1, -0.05) is 11.2 Å². The Morgan fingerprint density at radius 2 is 2.22 bits per heavy atom. The molecule has 0 spiro atoms. The zero-order valence-electron chi connectivity index (χ0n) is 12.1. The average molecular weight is 394 g/mol. The number of methoxy groups -OCH3 is 1. The van der Waals surface area contributed by atoms with Crippen LogP contribution in [0.1, 0.15) is 16.1 Å². The molecule has 0 radical (unpaired) electrons. The number of carbonyl (C=O) groups excluding carboxylic acids is 1. The summed E-state index contributed by atoms with van der Waals surface area (Å²) in [6, 6.07) is 10.7. The van der Waals surface area contributed by atoms with Gasteiger partial charge in [0, 0.05) is 10.5 Å². The number of hydrogen-bond donors (Lipinski definition) is 0. The lowest BCUT2D eigenvalue weighted by molar-refractivity contribution is 0.0463. The number of benzene rings is 1. The van der Waals surface area contributed by atoms with Crippen molar-refractivity contribution in [1.29, 1.82) is 0 Å². The van der Waals surface area contributed by atoms with Crippen molar-refractivity contribution in [3.8, 4) is 16.4 Å². The number of halogens is 1. The third kappa shape index (κ3) is 3.62. The SMILES string of the molecule is COc1ccc(Br)c(C(=O)OCc2cc(-c3cccs3)on2)c1. The van der Waals surface area contributed by atoms with Gasteiger partial charge in [0.2, 0.25) is 0 Å². The van der Waals surface area contributed by atoms with E-state index in [2.05, 4.69) is 21.1 Å². The van der Waals surface area contributed by atoms with Crippen molar-refractivity contribution in [2.24, 2.45) is 0 Å². The predicted octanol–water partition coefficient (Wildman–Crippen LogP) is 4.53. The molecule has 0 atom stereocenters. The summed E-state index contributed by atoms with van der Waals surface area (Å²) in [6.45, 7) is 0.0390. The summed E-state index contributed by atoms with van der Waals surface area (Å²) in [4.78, 5) is 13.2. The smallest absolute Gasteiger partial charge is 0.339 e. The van der Waals surface area contributed by atoms with Gasteiger partial charge >= 0.3 is 5.97 Å². The Bertz CT molecular complexity index is 813. The maximum Gasteiger partial charge on any atom is 0.339 e. The minimum absolute atomic E-state index is 0.0390. The quantitative estimate of drug-likeness (QED) is 0.595. The topological polar surface area (TPSA) is 61.6 Å². The van der Waals surface area contributed by atoms with Crippen LogP contribution in [0.2, 0.25) is 0 Å². The van der Waals surface area contributed by atoms with Crippen molar-refractivity contribution >= 4 is 33.2 Å². The van der Waals surface area contributed by atoms with Gasteiger partial charge in [-0.2, -0.15) is 0 Å². The molecule has 0 saturated carbocycles. The van der Waals surface area contributed by atoms with Crippen LogP contribution in [0.3, 0.4) is 0 Å². The van der Waals surface area contributed by atoms with Gasteiger partial charge < -0.3 is 14.0 Å². The first-order valence-corrected chi connectivity index (χ1v) is 8.35. The van der Waals surface area contributed by atoms with Crippen LogP contribution in [0.5, 0.6) is 5.75 Å². The van der Waals surface area contributed by atoms with Crippen LogP contribution in [0.25, 0.3) is 10.6 Å². The Morgan fingerprint density at radius 1 is 1.35 bits per heavy atom. The normalized spacial score (nSPS) is 10.5. The Morgan fingerprint density at radius 3 is 2.96 bits per heavy atom. The fourth-order valence-electron chi connectivity index (χ4n) is 1.92. The molecule has 3 aromatic rings. The summed E-state index contributed by atoms with van der Waals surface area (Å²) in [5.74, 6) is 0.784. The van der Waals surface area contributed by atoms with Gasteiger partial charge in [-0.3, -0.25) is 0 Å². The lowest BCUT2D eigenvalue weighted by atomic mass is 10.2. The molecule has 0 unspecified atom stereocenters. The molecular weight excluding hydrogens is 382 g/mol. The molecule has 0 aliphatic rings. The first-order valence-electron chi connectivity index (χ1n) is 6.67. The van der Waals surface area contributed by atoms with E-state index in [1.54, 1.807) is 42.7 Å². The van der Waals surface area contributed by atoms with E-state index in [1.165, 1.54) is 0 Å². The fraction of sp³-hybridized carbons (Fsp3) is 0.125. The highest BCUT2D eigenvalue weighted by molar-refractivity contribution is 9.10. The number of ether oxygens (including phenoxy) is 2. The molecule has 3 rings (SSSR count). The second-order valence-corrected chi connectivity index (χ2v) is 6.38. The Kier molecular flexibility index (Phi) is 4.78. The highest BCUT2D eigenvalue weighted by Gasteiger charge is 2.15. The van der Waals surface area contributed by atoms with Gasteiger partial charge in [-0.05, 0) is 45.6 Å². The van der Waals surface area contributed by atoms with Crippen molar-refractivity contribution in [3.05, 3.63) is 57.5 Å². The van der Waals surface area contributed by atoms with E-state index >= 15 is 0 Å². The Labute approximate surface area is 145 Å². The van der Waals surface area contributed by atoms with Crippen LogP contribution in [0.15, 0.2) is 50.8 Å². The summed E-state index contributed by atoms with van der Waals surface area (Å²) < 4.78 is 16.3. The number of aromatic nitrogens is 1. The number of rotatable bonds is 5. The van der Waals surface area contributed by atoms with E-state index in [1.807, 2.05) is 17.5 Å². The summed E-state index contributed by atoms with van der Waals surface area (Å²) in [6.07, 6.45) is 0. The number of esters is 1. The molecule has 0 saturated heterocycles. The van der Waals surface area contributed by atoms with Crippen molar-refractivity contribution in [2.45, 2.75) is 6.61 Å². The van der Waals surface area contributed by atoms with Crippen LogP contribution in [0, 0.1) is 0 Å². The molecule has 7 heteroatoms. The van der Waals surface area contributed by atoms with Gasteiger partial charge in [0.25, 0.3) is 0 Å². The van der Waals surface area contributed by atoms with E-state index in [-0.39, 0.29) is 6.61 Å². The molecule has 0 amide bonds. The molecule has 23 heavy (non-hydrogen) atoms. The van der Waals surface area contributed by atoms with Crippen molar-refractivity contribution in [3.63, 3.8) is 0 Å². The molecule has 0 N–H and O–H groups in total. The number of carbonyl (C=O) groups is 1. The van der Waals surface area contributed by atoms with Gasteiger partial charge in [-0.25, -0.2) is 4.79 Å². The zero-order valence-corrected chi connectivity index (χ0v) is 14.5. The maximum absolute atomic E-state index is 12.2. The molecule has 5 nitrogen and oxygen atoms in total. The minimum Gasteiger partial charge on any atom is -0.497 e. The third-order valence-corrected chi connectivity index (χ3v) is 4.64. The third-order valence-electron chi connectivity index (χ3n) is 3.07. The van der Waals surface area contributed by atoms with E-state index in [9.17, 15) is 4.79 Å². The fourth-order valence-corrected chi connectivity index (χ4v) is 3.00. The summed E-state index contributed by atoms with van der Waals surface area (Å²) >= 11 is 4.88. The van der Waals surface area contributed by atoms with Gasteiger partial charge in [-0.15, -0.1) is 11.3 Å². The molecule has 0 bridgehead atoms. The van der Waals surface area contributed by atoms with Gasteiger partial charge in [0.05, 0.1) is 17.6 Å². The van der Waals surface area contributed by atoms with Crippen molar-refractivity contribution in [2.75, 3.05) is 7.11 Å². The monoisotopic (exact) mass is 393 g/mol. The molecule has 2 aromatic heterocycles. The molecule has 1 aromatic carbocycles. The molecular formula is C16H12BrNO4S. The average Bonchev–Trinajstić information content (AvgIpc) is 3.24. The van der Waals surface area contributed by atoms with Crippen LogP contribution >= 0.6 is 27.3 Å². The summed E-state index contributed by atoms with van der Waals surface area (Å²) in [5, 5.41) is 5.87. The van der Waals surface area contributed by atoms with Crippen molar-refractivity contribution in [1.82, 2.24) is 5.16 Å². The maximum atomic E-state index is 12.2. The largest absolute Gasteiger partial charge is 0.497 e. The van der Waals surface area contributed by atoms with E-state index in [0.29, 0.717) is 27.2 Å². The summed E-state index contributed by atoms with van der Waals surface area (Å²) in [5.41, 5.74) is 0.951. The van der Waals surface area contributed by atoms with Crippen LogP contribution in [0.4, 0.5) is 0 Å². The number of nitrogens with zero attached hydrogens (tertiary/aromatic N) is 1.